The summed E-state index contributed by atoms with van der Waals surface area (Å²) in [5.74, 6) is 1.80. The average molecular weight is 296 g/mol. The molecule has 2 saturated carbocycles. The number of nitrogens with zero attached hydrogens (tertiary/aromatic N) is 1. The van der Waals surface area contributed by atoms with E-state index in [1.807, 2.05) is 7.11 Å². The predicted molar refractivity (Wildman–Crippen MR) is 89.7 cm³/mol. The maximum absolute atomic E-state index is 5.32. The van der Waals surface area contributed by atoms with Crippen LogP contribution in [0.5, 0.6) is 0 Å². The highest BCUT2D eigenvalue weighted by Gasteiger charge is 2.35. The Hall–Kier alpha value is -0.120. The van der Waals surface area contributed by atoms with Crippen LogP contribution in [0.1, 0.15) is 58.8 Å². The van der Waals surface area contributed by atoms with Crippen LogP contribution in [-0.2, 0) is 4.74 Å². The molecule has 2 rings (SSSR count). The Kier molecular flexibility index (Phi) is 7.48. The summed E-state index contributed by atoms with van der Waals surface area (Å²) in [5.41, 5.74) is 0. The van der Waals surface area contributed by atoms with E-state index in [9.17, 15) is 0 Å². The Morgan fingerprint density at radius 2 is 1.95 bits per heavy atom. The highest BCUT2D eigenvalue weighted by molar-refractivity contribution is 4.91. The van der Waals surface area contributed by atoms with Crippen molar-refractivity contribution in [1.29, 1.82) is 0 Å². The van der Waals surface area contributed by atoms with E-state index < -0.39 is 0 Å². The molecule has 0 heterocycles. The maximum Gasteiger partial charge on any atom is 0.0589 e. The van der Waals surface area contributed by atoms with E-state index in [1.165, 1.54) is 58.0 Å². The molecule has 2 fully saturated rings. The van der Waals surface area contributed by atoms with Gasteiger partial charge in [0.25, 0.3) is 0 Å². The number of ether oxygens (including phenoxy) is 1. The summed E-state index contributed by atoms with van der Waals surface area (Å²) in [5, 5.41) is 3.83. The molecule has 1 N–H and O–H groups in total. The van der Waals surface area contributed by atoms with Crippen molar-refractivity contribution in [2.75, 3.05) is 33.4 Å². The maximum atomic E-state index is 5.32. The molecule has 0 bridgehead atoms. The van der Waals surface area contributed by atoms with E-state index in [-0.39, 0.29) is 0 Å². The van der Waals surface area contributed by atoms with Crippen LogP contribution in [0.3, 0.4) is 0 Å². The molecule has 0 radical (unpaired) electrons. The molecule has 21 heavy (non-hydrogen) atoms. The van der Waals surface area contributed by atoms with Crippen LogP contribution in [0.4, 0.5) is 0 Å². The first-order chi connectivity index (χ1) is 10.3. The molecule has 3 nitrogen and oxygen atoms in total. The van der Waals surface area contributed by atoms with Crippen molar-refractivity contribution >= 4 is 0 Å². The third-order valence-electron chi connectivity index (χ3n) is 5.44. The average Bonchev–Trinajstić information content (AvgIpc) is 3.34. The fourth-order valence-corrected chi connectivity index (χ4v) is 3.90. The van der Waals surface area contributed by atoms with Crippen LogP contribution in [0.15, 0.2) is 0 Å². The fraction of sp³-hybridized carbons (Fsp3) is 1.00. The van der Waals surface area contributed by atoms with Gasteiger partial charge in [0.15, 0.2) is 0 Å². The Bertz CT molecular complexity index is 280. The Morgan fingerprint density at radius 3 is 2.57 bits per heavy atom. The molecule has 3 atom stereocenters. The van der Waals surface area contributed by atoms with Crippen LogP contribution < -0.4 is 5.32 Å². The minimum atomic E-state index is 0.747. The van der Waals surface area contributed by atoms with Gasteiger partial charge in [-0.1, -0.05) is 20.3 Å². The first kappa shape index (κ1) is 17.2. The van der Waals surface area contributed by atoms with Crippen molar-refractivity contribution in [2.24, 2.45) is 11.8 Å². The van der Waals surface area contributed by atoms with Gasteiger partial charge in [0.05, 0.1) is 6.61 Å². The lowest BCUT2D eigenvalue weighted by molar-refractivity contribution is 0.101. The van der Waals surface area contributed by atoms with Gasteiger partial charge in [-0.25, -0.2) is 0 Å². The second-order valence-corrected chi connectivity index (χ2v) is 7.13. The van der Waals surface area contributed by atoms with Crippen LogP contribution in [0, 0.1) is 11.8 Å². The molecule has 0 aromatic carbocycles. The summed E-state index contributed by atoms with van der Waals surface area (Å²) >= 11 is 0. The summed E-state index contributed by atoms with van der Waals surface area (Å²) in [4.78, 5) is 2.72. The number of methoxy groups -OCH3 is 1. The van der Waals surface area contributed by atoms with Crippen molar-refractivity contribution in [3.05, 3.63) is 0 Å². The molecule has 3 heteroatoms. The Balaban J connectivity index is 1.89. The summed E-state index contributed by atoms with van der Waals surface area (Å²) < 4.78 is 5.32. The molecular formula is C18H36N2O. The lowest BCUT2D eigenvalue weighted by Gasteiger charge is -2.39. The number of nitrogens with one attached hydrogen (secondary N) is 1. The van der Waals surface area contributed by atoms with E-state index >= 15 is 0 Å². The lowest BCUT2D eigenvalue weighted by Crippen LogP contribution is -2.47. The van der Waals surface area contributed by atoms with E-state index in [1.54, 1.807) is 0 Å². The molecule has 2 aliphatic rings. The summed E-state index contributed by atoms with van der Waals surface area (Å²) in [6.07, 6.45) is 9.65. The second-order valence-electron chi connectivity index (χ2n) is 7.13. The van der Waals surface area contributed by atoms with Crippen molar-refractivity contribution in [2.45, 2.75) is 70.9 Å². The molecular weight excluding hydrogens is 260 g/mol. The Labute approximate surface area is 131 Å². The summed E-state index contributed by atoms with van der Waals surface area (Å²) in [6.45, 7) is 9.10. The van der Waals surface area contributed by atoms with E-state index in [4.69, 9.17) is 4.74 Å². The normalized spacial score (nSPS) is 30.0. The molecule has 0 aromatic heterocycles. The Morgan fingerprint density at radius 1 is 1.14 bits per heavy atom. The fourth-order valence-electron chi connectivity index (χ4n) is 3.90. The SMILES string of the molecule is CCCNC1CCC(CC)CC1CN(CCOC)C1CC1. The highest BCUT2D eigenvalue weighted by Crippen LogP contribution is 2.34. The highest BCUT2D eigenvalue weighted by atomic mass is 16.5. The molecule has 0 saturated heterocycles. The topological polar surface area (TPSA) is 24.5 Å². The van der Waals surface area contributed by atoms with Crippen molar-refractivity contribution in [3.8, 4) is 0 Å². The quantitative estimate of drug-likeness (QED) is 0.669. The van der Waals surface area contributed by atoms with Gasteiger partial charge in [-0.05, 0) is 56.9 Å². The number of rotatable bonds is 10. The zero-order valence-electron chi connectivity index (χ0n) is 14.4. The van der Waals surface area contributed by atoms with Gasteiger partial charge in [-0.3, -0.25) is 4.90 Å². The molecule has 2 aliphatic carbocycles. The van der Waals surface area contributed by atoms with Crippen LogP contribution >= 0.6 is 0 Å². The lowest BCUT2D eigenvalue weighted by atomic mass is 9.76. The first-order valence-corrected chi connectivity index (χ1v) is 9.24. The van der Waals surface area contributed by atoms with Crippen LogP contribution in [-0.4, -0.2) is 50.3 Å². The standard InChI is InChI=1S/C18H36N2O/c1-4-10-19-18-9-6-15(5-2)13-16(18)14-20(11-12-21-3)17-7-8-17/h15-19H,4-14H2,1-3H3. The third kappa shape index (κ3) is 5.54. The third-order valence-corrected chi connectivity index (χ3v) is 5.44. The van der Waals surface area contributed by atoms with E-state index in [0.717, 1.165) is 37.1 Å². The molecule has 0 amide bonds. The van der Waals surface area contributed by atoms with Gasteiger partial charge in [0.2, 0.25) is 0 Å². The molecule has 3 unspecified atom stereocenters. The summed E-state index contributed by atoms with van der Waals surface area (Å²) in [6, 6.07) is 1.60. The number of hydrogen-bond donors (Lipinski definition) is 1. The van der Waals surface area contributed by atoms with Gasteiger partial charge in [-0.2, -0.15) is 0 Å². The largest absolute Gasteiger partial charge is 0.383 e. The van der Waals surface area contributed by atoms with Gasteiger partial charge in [-0.15, -0.1) is 0 Å². The minimum Gasteiger partial charge on any atom is -0.383 e. The van der Waals surface area contributed by atoms with Gasteiger partial charge in [0, 0.05) is 32.3 Å². The van der Waals surface area contributed by atoms with Crippen LogP contribution in [0.2, 0.25) is 0 Å². The second kappa shape index (κ2) is 9.12. The molecule has 0 spiro atoms. The predicted octanol–water partition coefficient (Wildman–Crippen LogP) is 3.29. The first-order valence-electron chi connectivity index (χ1n) is 9.24. The van der Waals surface area contributed by atoms with Gasteiger partial charge >= 0.3 is 0 Å². The van der Waals surface area contributed by atoms with Crippen molar-refractivity contribution in [3.63, 3.8) is 0 Å². The smallest absolute Gasteiger partial charge is 0.0589 e. The monoisotopic (exact) mass is 296 g/mol. The van der Waals surface area contributed by atoms with Gasteiger partial charge in [0.1, 0.15) is 0 Å². The van der Waals surface area contributed by atoms with E-state index in [0.29, 0.717) is 0 Å². The zero-order chi connectivity index (χ0) is 15.1. The van der Waals surface area contributed by atoms with Crippen molar-refractivity contribution < 1.29 is 4.74 Å². The van der Waals surface area contributed by atoms with Crippen molar-refractivity contribution in [1.82, 2.24) is 10.2 Å². The summed E-state index contributed by atoms with van der Waals surface area (Å²) in [7, 11) is 1.82. The zero-order valence-corrected chi connectivity index (χ0v) is 14.4. The minimum absolute atomic E-state index is 0.747. The molecule has 0 aromatic rings. The molecule has 124 valence electrons. The van der Waals surface area contributed by atoms with E-state index in [2.05, 4.69) is 24.1 Å². The molecule has 0 aliphatic heterocycles. The van der Waals surface area contributed by atoms with Crippen LogP contribution in [0.25, 0.3) is 0 Å². The van der Waals surface area contributed by atoms with Gasteiger partial charge < -0.3 is 10.1 Å². The number of hydrogen-bond acceptors (Lipinski definition) is 3.